The van der Waals surface area contributed by atoms with Gasteiger partial charge in [-0.15, -0.1) is 24.0 Å². The standard InChI is InChI=1S/C23H40N6O3.HI/c1-8-25-20(27-16-19(30)28-22(2,3)4)26-13-10-14-29(21(31)32-23(5,6)7)17-18-11-9-12-24-15-18;/h9,11-12,15H,8,10,13-14,16-17H2,1-7H3,(H,28,30)(H2,25,26,27);1H. The highest BCUT2D eigenvalue weighted by atomic mass is 127. The van der Waals surface area contributed by atoms with Crippen molar-refractivity contribution in [3.63, 3.8) is 0 Å². The molecular formula is C23H41IN6O3. The maximum absolute atomic E-state index is 12.7. The number of ether oxygens (including phenoxy) is 1. The molecule has 1 aromatic heterocycles. The van der Waals surface area contributed by atoms with Crippen molar-refractivity contribution in [2.24, 2.45) is 4.99 Å². The van der Waals surface area contributed by atoms with Gasteiger partial charge in [-0.25, -0.2) is 9.79 Å². The molecule has 3 N–H and O–H groups in total. The van der Waals surface area contributed by atoms with Crippen molar-refractivity contribution in [3.05, 3.63) is 30.1 Å². The van der Waals surface area contributed by atoms with E-state index in [-0.39, 0.29) is 48.1 Å². The van der Waals surface area contributed by atoms with Crippen LogP contribution < -0.4 is 16.0 Å². The van der Waals surface area contributed by atoms with Crippen molar-refractivity contribution in [1.82, 2.24) is 25.8 Å². The molecule has 0 aromatic carbocycles. The molecule has 1 rings (SSSR count). The first-order valence-electron chi connectivity index (χ1n) is 11.1. The third-order valence-corrected chi connectivity index (χ3v) is 3.88. The Balaban J connectivity index is 0.0000102. The number of hydrogen-bond acceptors (Lipinski definition) is 5. The number of nitrogens with zero attached hydrogens (tertiary/aromatic N) is 3. The second-order valence-corrected chi connectivity index (χ2v) is 9.54. The van der Waals surface area contributed by atoms with Gasteiger partial charge in [0, 0.05) is 37.6 Å². The minimum atomic E-state index is -0.568. The lowest BCUT2D eigenvalue weighted by Gasteiger charge is -2.27. The molecule has 0 fully saturated rings. The van der Waals surface area contributed by atoms with E-state index in [1.807, 2.05) is 60.6 Å². The van der Waals surface area contributed by atoms with E-state index < -0.39 is 5.60 Å². The number of carbonyl (C=O) groups excluding carboxylic acids is 2. The number of pyridine rings is 1. The first-order valence-corrected chi connectivity index (χ1v) is 11.1. The second kappa shape index (κ2) is 14.9. The lowest BCUT2D eigenvalue weighted by Crippen LogP contribution is -2.43. The first kappa shape index (κ1) is 30.9. The van der Waals surface area contributed by atoms with Crippen molar-refractivity contribution in [2.45, 2.75) is 72.6 Å². The summed E-state index contributed by atoms with van der Waals surface area (Å²) in [4.78, 5) is 34.8. The highest BCUT2D eigenvalue weighted by Crippen LogP contribution is 2.12. The Bertz CT molecular complexity index is 745. The zero-order valence-electron chi connectivity index (χ0n) is 21.0. The zero-order chi connectivity index (χ0) is 24.2. The Hall–Kier alpha value is -2.11. The van der Waals surface area contributed by atoms with Crippen LogP contribution in [-0.2, 0) is 16.1 Å². The van der Waals surface area contributed by atoms with E-state index in [0.717, 1.165) is 5.56 Å². The molecule has 1 aromatic rings. The number of guanidine groups is 1. The normalized spacial score (nSPS) is 11.8. The molecule has 0 spiro atoms. The zero-order valence-corrected chi connectivity index (χ0v) is 23.4. The van der Waals surface area contributed by atoms with Gasteiger partial charge < -0.3 is 25.6 Å². The highest BCUT2D eigenvalue weighted by Gasteiger charge is 2.22. The van der Waals surface area contributed by atoms with Crippen LogP contribution in [0.2, 0.25) is 0 Å². The van der Waals surface area contributed by atoms with Crippen LogP contribution in [0.25, 0.3) is 0 Å². The highest BCUT2D eigenvalue weighted by molar-refractivity contribution is 14.0. The van der Waals surface area contributed by atoms with E-state index in [9.17, 15) is 9.59 Å². The van der Waals surface area contributed by atoms with Gasteiger partial charge in [-0.1, -0.05) is 6.07 Å². The predicted molar refractivity (Wildman–Crippen MR) is 143 cm³/mol. The minimum absolute atomic E-state index is 0. The fraction of sp³-hybridized carbons (Fsp3) is 0.652. The summed E-state index contributed by atoms with van der Waals surface area (Å²) in [6.45, 7) is 15.5. The molecule has 1 heterocycles. The quantitative estimate of drug-likeness (QED) is 0.180. The molecule has 0 aliphatic heterocycles. The van der Waals surface area contributed by atoms with Gasteiger partial charge in [-0.05, 0) is 66.5 Å². The Morgan fingerprint density at radius 1 is 1.15 bits per heavy atom. The number of carbonyl (C=O) groups is 2. The molecular weight excluding hydrogens is 535 g/mol. The van der Waals surface area contributed by atoms with Crippen LogP contribution in [0.5, 0.6) is 0 Å². The number of halogens is 1. The molecule has 0 radical (unpaired) electrons. The maximum atomic E-state index is 12.7. The number of hydrogen-bond donors (Lipinski definition) is 3. The minimum Gasteiger partial charge on any atom is -0.444 e. The lowest BCUT2D eigenvalue weighted by atomic mass is 10.1. The third-order valence-electron chi connectivity index (χ3n) is 3.88. The molecule has 0 unspecified atom stereocenters. The summed E-state index contributed by atoms with van der Waals surface area (Å²) >= 11 is 0. The topological polar surface area (TPSA) is 108 Å². The van der Waals surface area contributed by atoms with Crippen molar-refractivity contribution >= 4 is 41.9 Å². The van der Waals surface area contributed by atoms with E-state index >= 15 is 0 Å². The number of amides is 2. The van der Waals surface area contributed by atoms with Crippen LogP contribution in [-0.4, -0.2) is 65.2 Å². The molecule has 9 nitrogen and oxygen atoms in total. The monoisotopic (exact) mass is 576 g/mol. The molecule has 10 heteroatoms. The fourth-order valence-corrected chi connectivity index (χ4v) is 2.70. The molecule has 33 heavy (non-hydrogen) atoms. The largest absolute Gasteiger partial charge is 0.444 e. The van der Waals surface area contributed by atoms with Crippen LogP contribution in [0.3, 0.4) is 0 Å². The number of aromatic nitrogens is 1. The van der Waals surface area contributed by atoms with Gasteiger partial charge in [0.1, 0.15) is 12.1 Å². The lowest BCUT2D eigenvalue weighted by molar-refractivity contribution is -0.121. The first-order chi connectivity index (χ1) is 14.9. The van der Waals surface area contributed by atoms with Crippen molar-refractivity contribution < 1.29 is 14.3 Å². The molecule has 0 atom stereocenters. The van der Waals surface area contributed by atoms with Gasteiger partial charge in [0.05, 0.1) is 6.54 Å². The van der Waals surface area contributed by atoms with Crippen molar-refractivity contribution in [2.75, 3.05) is 26.2 Å². The third kappa shape index (κ3) is 15.4. The molecule has 0 saturated heterocycles. The Morgan fingerprint density at radius 3 is 2.39 bits per heavy atom. The summed E-state index contributed by atoms with van der Waals surface area (Å²) in [5.41, 5.74) is 0.0739. The molecule has 0 aliphatic rings. The fourth-order valence-electron chi connectivity index (χ4n) is 2.70. The molecule has 0 bridgehead atoms. The van der Waals surface area contributed by atoms with Crippen LogP contribution in [0.1, 0.15) is 60.5 Å². The van der Waals surface area contributed by atoms with Gasteiger partial charge in [0.15, 0.2) is 5.96 Å². The van der Waals surface area contributed by atoms with Crippen LogP contribution in [0.15, 0.2) is 29.5 Å². The second-order valence-electron chi connectivity index (χ2n) is 9.54. The van der Waals surface area contributed by atoms with Crippen LogP contribution >= 0.6 is 24.0 Å². The van der Waals surface area contributed by atoms with E-state index in [1.54, 1.807) is 17.3 Å². The van der Waals surface area contributed by atoms with Gasteiger partial charge in [-0.3, -0.25) is 9.78 Å². The van der Waals surface area contributed by atoms with Crippen molar-refractivity contribution in [3.8, 4) is 0 Å². The van der Waals surface area contributed by atoms with E-state index in [0.29, 0.717) is 38.6 Å². The summed E-state index contributed by atoms with van der Waals surface area (Å²) in [5.74, 6) is 0.426. The summed E-state index contributed by atoms with van der Waals surface area (Å²) < 4.78 is 5.56. The van der Waals surface area contributed by atoms with Crippen LogP contribution in [0, 0.1) is 0 Å². The average Bonchev–Trinajstić information content (AvgIpc) is 2.66. The van der Waals surface area contributed by atoms with E-state index in [2.05, 4.69) is 25.9 Å². The van der Waals surface area contributed by atoms with Crippen molar-refractivity contribution in [1.29, 1.82) is 0 Å². The van der Waals surface area contributed by atoms with Crippen LogP contribution in [0.4, 0.5) is 4.79 Å². The number of rotatable bonds is 9. The molecule has 0 aliphatic carbocycles. The number of nitrogens with one attached hydrogen (secondary N) is 3. The molecule has 0 saturated carbocycles. The van der Waals surface area contributed by atoms with E-state index in [1.165, 1.54) is 0 Å². The average molecular weight is 577 g/mol. The van der Waals surface area contributed by atoms with Gasteiger partial charge in [0.2, 0.25) is 5.91 Å². The Kier molecular flexibility index (Phi) is 14.0. The van der Waals surface area contributed by atoms with Gasteiger partial charge >= 0.3 is 6.09 Å². The number of aliphatic imine (C=N–C) groups is 1. The summed E-state index contributed by atoms with van der Waals surface area (Å²) in [6, 6.07) is 3.78. The Morgan fingerprint density at radius 2 is 1.85 bits per heavy atom. The Labute approximate surface area is 215 Å². The summed E-state index contributed by atoms with van der Waals surface area (Å²) in [7, 11) is 0. The molecule has 2 amide bonds. The smallest absolute Gasteiger partial charge is 0.410 e. The van der Waals surface area contributed by atoms with Gasteiger partial charge in [0.25, 0.3) is 0 Å². The maximum Gasteiger partial charge on any atom is 0.410 e. The predicted octanol–water partition coefficient (Wildman–Crippen LogP) is 3.30. The molecule has 188 valence electrons. The summed E-state index contributed by atoms with van der Waals surface area (Å²) in [5, 5.41) is 9.23. The van der Waals surface area contributed by atoms with Gasteiger partial charge in [-0.2, -0.15) is 0 Å². The SMILES string of the molecule is CCNC(=NCC(=O)NC(C)(C)C)NCCCN(Cc1cccnc1)C(=O)OC(C)(C)C.I. The van der Waals surface area contributed by atoms with E-state index in [4.69, 9.17) is 4.74 Å². The summed E-state index contributed by atoms with van der Waals surface area (Å²) in [6.07, 6.45) is 3.77.